The van der Waals surface area contributed by atoms with E-state index in [2.05, 4.69) is 5.10 Å². The molecule has 2 nitrogen and oxygen atoms in total. The van der Waals surface area contributed by atoms with Gasteiger partial charge in [0.15, 0.2) is 0 Å². The molecule has 0 aliphatic heterocycles. The Morgan fingerprint density at radius 2 is 2.09 bits per heavy atom. The van der Waals surface area contributed by atoms with Crippen LogP contribution in [0.3, 0.4) is 0 Å². The van der Waals surface area contributed by atoms with Gasteiger partial charge in [-0.15, -0.1) is 0 Å². The summed E-state index contributed by atoms with van der Waals surface area (Å²) < 4.78 is 1.87. The molecule has 1 rings (SSSR count). The molecule has 1 N–H and O–H groups in total. The van der Waals surface area contributed by atoms with E-state index in [1.165, 1.54) is 4.59 Å². The Morgan fingerprint density at radius 3 is 2.27 bits per heavy atom. The van der Waals surface area contributed by atoms with Gasteiger partial charge in [0.1, 0.15) is 12.5 Å². The molecule has 0 aliphatic carbocycles. The van der Waals surface area contributed by atoms with Gasteiger partial charge in [-0.25, -0.2) is 0 Å². The number of hydrogen-bond donors (Lipinski definition) is 1. The van der Waals surface area contributed by atoms with E-state index in [9.17, 15) is 0 Å². The van der Waals surface area contributed by atoms with Gasteiger partial charge < -0.3 is 9.69 Å². The van der Waals surface area contributed by atoms with E-state index >= 15 is 0 Å². The van der Waals surface area contributed by atoms with Gasteiger partial charge in [-0.3, -0.25) is 0 Å². The van der Waals surface area contributed by atoms with Crippen molar-refractivity contribution in [1.29, 1.82) is 0 Å². The van der Waals surface area contributed by atoms with E-state index in [-0.39, 0.29) is 0 Å². The predicted octanol–water partition coefficient (Wildman–Crippen LogP) is 0.394. The quantitative estimate of drug-likeness (QED) is 0.467. The summed E-state index contributed by atoms with van der Waals surface area (Å²) >= 11 is 5.00. The first-order valence-electron chi connectivity index (χ1n) is 3.39. The first-order chi connectivity index (χ1) is 5.04. The number of aromatic amines is 1. The number of H-pyrrole nitrogens is 1. The molecule has 0 fully saturated rings. The molecule has 0 aliphatic rings. The van der Waals surface area contributed by atoms with Crippen LogP contribution in [0.25, 0.3) is 0 Å². The molecule has 4 radical (unpaired) electrons. The molecule has 1 aromatic heterocycles. The van der Waals surface area contributed by atoms with Crippen molar-refractivity contribution in [2.75, 3.05) is 0 Å². The lowest BCUT2D eigenvalue weighted by atomic mass is 9.92. The highest BCUT2D eigenvalue weighted by Gasteiger charge is 2.07. The number of nitrogens with one attached hydrogen (secondary N) is 1. The largest absolute Gasteiger partial charge is 0.359 e. The van der Waals surface area contributed by atoms with E-state index in [4.69, 9.17) is 28.0 Å². The zero-order valence-electron chi connectivity index (χ0n) is 6.59. The molecule has 0 spiro atoms. The molecule has 5 heteroatoms. The number of aromatic nitrogens is 2. The van der Waals surface area contributed by atoms with E-state index in [0.29, 0.717) is 16.2 Å². The molecule has 0 aromatic carbocycles. The Kier molecular flexibility index (Phi) is 2.28. The summed E-state index contributed by atoms with van der Waals surface area (Å²) in [5.41, 5.74) is 1.44. The second kappa shape index (κ2) is 2.89. The minimum Gasteiger partial charge on any atom is -0.359 e. The van der Waals surface area contributed by atoms with Crippen LogP contribution in [0, 0.1) is 4.64 Å². The van der Waals surface area contributed by atoms with Gasteiger partial charge in [-0.1, -0.05) is 26.1 Å². The second-order valence-electron chi connectivity index (χ2n) is 2.76. The molecule has 0 saturated carbocycles. The van der Waals surface area contributed by atoms with Crippen LogP contribution in [-0.4, -0.2) is 25.5 Å². The maximum absolute atomic E-state index is 5.64. The molecular weight excluding hydrogens is 154 g/mol. The van der Waals surface area contributed by atoms with Crippen molar-refractivity contribution < 1.29 is 0 Å². The molecule has 11 heavy (non-hydrogen) atoms. The van der Waals surface area contributed by atoms with Crippen molar-refractivity contribution >= 4 is 33.6 Å². The van der Waals surface area contributed by atoms with Crippen LogP contribution in [0.15, 0.2) is 0 Å². The van der Waals surface area contributed by atoms with Gasteiger partial charge in [0.2, 0.25) is 0 Å². The fourth-order valence-electron chi connectivity index (χ4n) is 1.03. The molecule has 0 atom stereocenters. The average molecular weight is 162 g/mol. The fourth-order valence-corrected chi connectivity index (χ4v) is 1.47. The van der Waals surface area contributed by atoms with Gasteiger partial charge >= 0.3 is 0 Å². The minimum absolute atomic E-state index is 0.309. The summed E-state index contributed by atoms with van der Waals surface area (Å²) in [6.45, 7) is 4.05. The molecular formula is C6H8B2N2S. The Balaban J connectivity index is 3.34. The third-order valence-corrected chi connectivity index (χ3v) is 1.89. The zero-order valence-corrected chi connectivity index (χ0v) is 7.40. The Bertz CT molecular complexity index is 313. The first kappa shape index (κ1) is 8.65. The van der Waals surface area contributed by atoms with E-state index in [1.54, 1.807) is 0 Å². The molecule has 54 valence electrons. The van der Waals surface area contributed by atoms with Gasteiger partial charge in [0.05, 0.1) is 0 Å². The highest BCUT2D eigenvalue weighted by atomic mass is 32.1. The Labute approximate surface area is 73.8 Å². The summed E-state index contributed by atoms with van der Waals surface area (Å²) in [6, 6.07) is 0. The monoisotopic (exact) mass is 162 g/mol. The lowest BCUT2D eigenvalue weighted by Crippen LogP contribution is -2.20. The van der Waals surface area contributed by atoms with Gasteiger partial charge in [-0.05, 0) is 17.1 Å². The van der Waals surface area contributed by atoms with Crippen molar-refractivity contribution in [1.82, 2.24) is 9.69 Å². The van der Waals surface area contributed by atoms with E-state index in [1.807, 2.05) is 13.8 Å². The van der Waals surface area contributed by atoms with Crippen molar-refractivity contribution in [3.8, 4) is 0 Å². The van der Waals surface area contributed by atoms with Gasteiger partial charge in [0, 0.05) is 0 Å². The SMILES string of the molecule is [B]c1c(C(C)C)c(=S)[nH]n1[B]. The lowest BCUT2D eigenvalue weighted by Gasteiger charge is -2.03. The molecule has 0 saturated heterocycles. The van der Waals surface area contributed by atoms with Crippen LogP contribution in [0.5, 0.6) is 0 Å². The van der Waals surface area contributed by atoms with Crippen molar-refractivity contribution in [2.45, 2.75) is 19.8 Å². The normalized spacial score (nSPS) is 10.8. The van der Waals surface area contributed by atoms with Gasteiger partial charge in [-0.2, -0.15) is 0 Å². The Hall–Kier alpha value is -0.440. The van der Waals surface area contributed by atoms with Crippen LogP contribution < -0.4 is 5.59 Å². The van der Waals surface area contributed by atoms with Crippen LogP contribution in [-0.2, 0) is 0 Å². The maximum Gasteiger partial charge on any atom is 0.260 e. The number of nitrogens with zero attached hydrogens (tertiary/aromatic N) is 1. The average Bonchev–Trinajstić information content (AvgIpc) is 2.07. The summed E-state index contributed by atoms with van der Waals surface area (Å²) in [6.07, 6.45) is 0. The third-order valence-electron chi connectivity index (χ3n) is 1.58. The Morgan fingerprint density at radius 1 is 1.55 bits per heavy atom. The van der Waals surface area contributed by atoms with Crippen LogP contribution in [0.4, 0.5) is 0 Å². The smallest absolute Gasteiger partial charge is 0.260 e. The zero-order chi connectivity index (χ0) is 8.59. The third kappa shape index (κ3) is 1.43. The summed E-state index contributed by atoms with van der Waals surface area (Å²) in [4.78, 5) is 0. The number of hydrogen-bond acceptors (Lipinski definition) is 1. The maximum atomic E-state index is 5.64. The van der Waals surface area contributed by atoms with Crippen LogP contribution >= 0.6 is 12.2 Å². The number of rotatable bonds is 1. The topological polar surface area (TPSA) is 20.7 Å². The van der Waals surface area contributed by atoms with Crippen molar-refractivity contribution in [3.05, 3.63) is 10.2 Å². The fraction of sp³-hybridized carbons (Fsp3) is 0.500. The van der Waals surface area contributed by atoms with Crippen LogP contribution in [0.1, 0.15) is 25.3 Å². The highest BCUT2D eigenvalue weighted by Crippen LogP contribution is 2.11. The second-order valence-corrected chi connectivity index (χ2v) is 3.17. The minimum atomic E-state index is 0.309. The summed E-state index contributed by atoms with van der Waals surface area (Å²) in [7, 11) is 11.1. The summed E-state index contributed by atoms with van der Waals surface area (Å²) in [5.74, 6) is 0.309. The standard InChI is InChI=1S/C6H8B2N2S/c1-3(2)4-5(7)10(8)9-6(4)11/h3H,1-2H3,(H,9,11). The van der Waals surface area contributed by atoms with Crippen molar-refractivity contribution in [2.24, 2.45) is 0 Å². The first-order valence-corrected chi connectivity index (χ1v) is 3.80. The van der Waals surface area contributed by atoms with Gasteiger partial charge in [0.25, 0.3) is 7.98 Å². The molecule has 0 amide bonds. The highest BCUT2D eigenvalue weighted by molar-refractivity contribution is 7.71. The van der Waals surface area contributed by atoms with Crippen LogP contribution in [0.2, 0.25) is 0 Å². The van der Waals surface area contributed by atoms with E-state index < -0.39 is 0 Å². The molecule has 0 unspecified atom stereocenters. The molecule has 1 heterocycles. The molecule has 1 aromatic rings. The summed E-state index contributed by atoms with van der Waals surface area (Å²) in [5, 5.41) is 2.74. The molecule has 0 bridgehead atoms. The predicted molar refractivity (Wildman–Crippen MR) is 50.2 cm³/mol. The van der Waals surface area contributed by atoms with Crippen molar-refractivity contribution in [3.63, 3.8) is 0 Å². The van der Waals surface area contributed by atoms with E-state index in [0.717, 1.165) is 5.56 Å². The lowest BCUT2D eigenvalue weighted by molar-refractivity contribution is 0.870.